The van der Waals surface area contributed by atoms with Gasteiger partial charge in [-0.15, -0.1) is 0 Å². The zero-order chi connectivity index (χ0) is 42.7. The van der Waals surface area contributed by atoms with E-state index in [-0.39, 0.29) is 38.6 Å². The molecule has 22 heteroatoms. The lowest BCUT2D eigenvalue weighted by Crippen LogP contribution is -2.59. The highest BCUT2D eigenvalue weighted by atomic mass is 16.6. The number of methoxy groups -OCH3 is 1. The van der Waals surface area contributed by atoms with Crippen molar-refractivity contribution in [1.29, 1.82) is 0 Å². The van der Waals surface area contributed by atoms with Crippen molar-refractivity contribution in [2.24, 2.45) is 10.8 Å². The lowest BCUT2D eigenvalue weighted by atomic mass is 10.0. The fraction of sp³-hybridized carbons (Fsp3) is 0.629. The van der Waals surface area contributed by atoms with Gasteiger partial charge >= 0.3 is 12.1 Å². The molecule has 0 aromatic heterocycles. The first-order valence-electron chi connectivity index (χ1n) is 18.3. The second kappa shape index (κ2) is 23.0. The number of azide groups is 1. The zero-order valence-electron chi connectivity index (χ0n) is 32.6. The third kappa shape index (κ3) is 17.0. The van der Waals surface area contributed by atoms with Crippen molar-refractivity contribution >= 4 is 53.4 Å². The minimum Gasteiger partial charge on any atom is -0.467 e. The van der Waals surface area contributed by atoms with Crippen molar-refractivity contribution in [3.8, 4) is 0 Å². The standard InChI is InChI=1S/C35H53N11O11/c1-19-27(48)40-21-13-8-9-16-24(33(54)56-5)43-32(53)25(18-26(36)47)44-30(51)22(41-29(21)50)14-7-6-12-20(28(49)39-19)42-31(52)23(45-46-37)15-10-11-17-38-34(55)57-35(2,3)4/h6-9,19-25H,10-18H2,1-5H3,(H2,36,47)(H,38,55)(H,39,49)(H,40,48)(H,41,50)(H,42,52)(H,43,53)(H,44,51)/b7-6+,9-8+/t19-,20+,21+,22-,23-,24-,25-/m0/s1. The highest BCUT2D eigenvalue weighted by Gasteiger charge is 2.34. The number of esters is 1. The highest BCUT2D eigenvalue weighted by molar-refractivity contribution is 5.98. The maximum Gasteiger partial charge on any atom is 0.407 e. The van der Waals surface area contributed by atoms with Gasteiger partial charge in [0, 0.05) is 11.5 Å². The normalized spacial score (nSPS) is 25.4. The van der Waals surface area contributed by atoms with Crippen molar-refractivity contribution in [2.45, 2.75) is 127 Å². The van der Waals surface area contributed by atoms with Crippen molar-refractivity contribution in [3.05, 3.63) is 34.7 Å². The topological polar surface area (TPSA) is 331 Å². The van der Waals surface area contributed by atoms with Crippen LogP contribution in [0.3, 0.4) is 0 Å². The second-order valence-corrected chi connectivity index (χ2v) is 14.3. The van der Waals surface area contributed by atoms with Crippen LogP contribution >= 0.6 is 0 Å². The monoisotopic (exact) mass is 803 g/mol. The second-order valence-electron chi connectivity index (χ2n) is 14.3. The number of unbranched alkanes of at least 4 members (excludes halogenated alkanes) is 1. The molecule has 2 aliphatic rings. The molecule has 0 aliphatic carbocycles. The molecule has 0 unspecified atom stereocenters. The van der Waals surface area contributed by atoms with Gasteiger partial charge in [0.15, 0.2) is 0 Å². The van der Waals surface area contributed by atoms with E-state index in [1.165, 1.54) is 31.2 Å². The Morgan fingerprint density at radius 3 is 2.05 bits per heavy atom. The number of hydrogen-bond donors (Lipinski definition) is 8. The number of nitrogens with two attached hydrogens (primary N) is 1. The van der Waals surface area contributed by atoms with Crippen LogP contribution in [0.2, 0.25) is 0 Å². The van der Waals surface area contributed by atoms with E-state index in [0.717, 1.165) is 7.11 Å². The molecule has 8 amide bonds. The molecule has 0 fully saturated rings. The Balaban J connectivity index is 2.36. The minimum atomic E-state index is -1.56. The molecular weight excluding hydrogens is 750 g/mol. The summed E-state index contributed by atoms with van der Waals surface area (Å²) in [5.41, 5.74) is 13.8. The molecular formula is C35H53N11O11. The molecule has 57 heavy (non-hydrogen) atoms. The molecule has 0 saturated carbocycles. The molecule has 7 atom stereocenters. The van der Waals surface area contributed by atoms with E-state index < -0.39 is 108 Å². The fourth-order valence-electron chi connectivity index (χ4n) is 5.42. The largest absolute Gasteiger partial charge is 0.467 e. The van der Waals surface area contributed by atoms with E-state index in [1.54, 1.807) is 20.8 Å². The SMILES string of the molecule is COC(=O)[C@@H]1C/C=C/C[C@H]2NC(=O)[C@H](C)NC(=O)[C@H](NC(=O)[C@H](CCCCNC(=O)OC(C)(C)C)N=[N+]=[N-])C/C=C/C[C@H](NC2=O)C(=O)N[C@@H](CC(N)=O)C(=O)N1. The average molecular weight is 804 g/mol. The Labute approximate surface area is 329 Å². The highest BCUT2D eigenvalue weighted by Crippen LogP contribution is 2.11. The molecule has 314 valence electrons. The first-order chi connectivity index (χ1) is 26.8. The van der Waals surface area contributed by atoms with Crippen LogP contribution in [-0.4, -0.2) is 115 Å². The van der Waals surface area contributed by atoms with Gasteiger partial charge in [0.25, 0.3) is 0 Å². The average Bonchev–Trinajstić information content (AvgIpc) is 3.12. The summed E-state index contributed by atoms with van der Waals surface area (Å²) in [5.74, 6) is -6.82. The van der Waals surface area contributed by atoms with Gasteiger partial charge in [-0.05, 0) is 71.8 Å². The molecule has 0 aromatic rings. The molecule has 0 spiro atoms. The van der Waals surface area contributed by atoms with Gasteiger partial charge in [-0.3, -0.25) is 33.6 Å². The van der Waals surface area contributed by atoms with Gasteiger partial charge in [0.1, 0.15) is 47.9 Å². The van der Waals surface area contributed by atoms with Crippen LogP contribution in [0.25, 0.3) is 10.4 Å². The maximum atomic E-state index is 13.6. The van der Waals surface area contributed by atoms with Gasteiger partial charge < -0.3 is 52.4 Å². The Morgan fingerprint density at radius 1 is 0.860 bits per heavy atom. The predicted molar refractivity (Wildman–Crippen MR) is 201 cm³/mol. The zero-order valence-corrected chi connectivity index (χ0v) is 32.6. The number of ether oxygens (including phenoxy) is 2. The molecule has 22 nitrogen and oxygen atoms in total. The molecule has 2 bridgehead atoms. The fourth-order valence-corrected chi connectivity index (χ4v) is 5.42. The number of rotatable bonds is 11. The summed E-state index contributed by atoms with van der Waals surface area (Å²) in [6.45, 7) is 6.73. The number of nitrogens with one attached hydrogen (secondary N) is 7. The summed E-state index contributed by atoms with van der Waals surface area (Å²) in [7, 11) is 1.10. The molecule has 2 rings (SSSR count). The van der Waals surface area contributed by atoms with E-state index in [1.807, 2.05) is 0 Å². The van der Waals surface area contributed by atoms with Gasteiger partial charge in [-0.25, -0.2) is 9.59 Å². The Kier molecular flexibility index (Phi) is 19.0. The number of alkyl carbamates (subject to hydrolysis) is 1. The van der Waals surface area contributed by atoms with Crippen molar-refractivity contribution in [3.63, 3.8) is 0 Å². The quantitative estimate of drug-likeness (QED) is 0.0314. The summed E-state index contributed by atoms with van der Waals surface area (Å²) in [4.78, 5) is 119. The van der Waals surface area contributed by atoms with Crippen molar-refractivity contribution in [2.75, 3.05) is 13.7 Å². The molecule has 0 aromatic carbocycles. The van der Waals surface area contributed by atoms with Crippen LogP contribution in [0.1, 0.15) is 79.1 Å². The first kappa shape index (κ1) is 47.0. The third-order valence-electron chi connectivity index (χ3n) is 8.38. The predicted octanol–water partition coefficient (Wildman–Crippen LogP) is -0.963. The molecule has 2 heterocycles. The van der Waals surface area contributed by atoms with Gasteiger partial charge in [-0.2, -0.15) is 0 Å². The number of nitrogens with zero attached hydrogens (tertiary/aromatic N) is 3. The number of hydrogen-bond acceptors (Lipinski definition) is 12. The van der Waals surface area contributed by atoms with Crippen LogP contribution in [0.4, 0.5) is 4.79 Å². The summed E-state index contributed by atoms with van der Waals surface area (Å²) in [6, 6.07) is -9.29. The van der Waals surface area contributed by atoms with Crippen molar-refractivity contribution < 1.29 is 52.6 Å². The van der Waals surface area contributed by atoms with Crippen LogP contribution in [0.15, 0.2) is 29.4 Å². The Hall–Kier alpha value is -6.18. The Bertz CT molecular complexity index is 1620. The van der Waals surface area contributed by atoms with Crippen molar-refractivity contribution in [1.82, 2.24) is 37.2 Å². The van der Waals surface area contributed by atoms with Crippen LogP contribution < -0.4 is 43.0 Å². The van der Waals surface area contributed by atoms with E-state index >= 15 is 0 Å². The lowest BCUT2D eigenvalue weighted by molar-refractivity contribution is -0.145. The van der Waals surface area contributed by atoms with E-state index in [9.17, 15) is 43.2 Å². The number of amides is 8. The smallest absolute Gasteiger partial charge is 0.407 e. The summed E-state index contributed by atoms with van der Waals surface area (Å²) in [5, 5.41) is 21.1. The lowest BCUT2D eigenvalue weighted by Gasteiger charge is -2.27. The van der Waals surface area contributed by atoms with Crippen LogP contribution in [-0.2, 0) is 47.8 Å². The van der Waals surface area contributed by atoms with E-state index in [4.69, 9.17) is 20.7 Å². The first-order valence-corrected chi connectivity index (χ1v) is 18.3. The van der Waals surface area contributed by atoms with Crippen LogP contribution in [0.5, 0.6) is 0 Å². The van der Waals surface area contributed by atoms with Gasteiger partial charge in [-0.1, -0.05) is 35.8 Å². The maximum absolute atomic E-state index is 13.6. The summed E-state index contributed by atoms with van der Waals surface area (Å²) >= 11 is 0. The Morgan fingerprint density at radius 2 is 1.46 bits per heavy atom. The number of fused-ring (bicyclic) bond motifs is 3. The van der Waals surface area contributed by atoms with Crippen LogP contribution in [0, 0.1) is 0 Å². The molecule has 0 saturated heterocycles. The molecule has 2 aliphatic heterocycles. The summed E-state index contributed by atoms with van der Waals surface area (Å²) in [6.07, 6.45) is 4.65. The van der Waals surface area contributed by atoms with E-state index in [0.29, 0.717) is 12.8 Å². The third-order valence-corrected chi connectivity index (χ3v) is 8.38. The van der Waals surface area contributed by atoms with E-state index in [2.05, 4.69) is 47.2 Å². The number of carbonyl (C=O) groups excluding carboxylic acids is 9. The molecule has 9 N–H and O–H groups in total. The number of carbonyl (C=O) groups is 9. The number of primary amides is 1. The minimum absolute atomic E-state index is 0.0688. The van der Waals surface area contributed by atoms with Gasteiger partial charge in [0.05, 0.1) is 13.5 Å². The summed E-state index contributed by atoms with van der Waals surface area (Å²) < 4.78 is 9.95. The van der Waals surface area contributed by atoms with Gasteiger partial charge in [0.2, 0.25) is 41.4 Å². The molecule has 0 radical (unpaired) electrons.